The summed E-state index contributed by atoms with van der Waals surface area (Å²) in [5.41, 5.74) is 1.13. The molecule has 1 N–H and O–H groups in total. The summed E-state index contributed by atoms with van der Waals surface area (Å²) in [6, 6.07) is 8.17. The van der Waals surface area contributed by atoms with Crippen LogP contribution in [0.3, 0.4) is 0 Å². The minimum atomic E-state index is 0.201. The number of nitrogens with one attached hydrogen (secondary N) is 1. The molecular formula is C16H21ClN4O2. The molecule has 2 aromatic rings. The zero-order chi connectivity index (χ0) is 16.1. The van der Waals surface area contributed by atoms with E-state index in [0.717, 1.165) is 30.2 Å². The molecule has 1 aliphatic heterocycles. The fourth-order valence-electron chi connectivity index (χ4n) is 2.81. The first kappa shape index (κ1) is 16.4. The van der Waals surface area contributed by atoms with Crippen LogP contribution in [0.5, 0.6) is 0 Å². The SMILES string of the molecule is COCCc1noc(CN2CCNCC2c2ccccc2Cl)n1. The van der Waals surface area contributed by atoms with Crippen LogP contribution in [0.1, 0.15) is 23.3 Å². The van der Waals surface area contributed by atoms with Crippen molar-refractivity contribution in [2.24, 2.45) is 0 Å². The van der Waals surface area contributed by atoms with E-state index in [1.807, 2.05) is 18.2 Å². The summed E-state index contributed by atoms with van der Waals surface area (Å²) in [6.45, 7) is 3.91. The molecule has 0 bridgehead atoms. The molecule has 1 aromatic heterocycles. The molecule has 1 saturated heterocycles. The zero-order valence-corrected chi connectivity index (χ0v) is 13.9. The lowest BCUT2D eigenvalue weighted by atomic mass is 10.0. The summed E-state index contributed by atoms with van der Waals surface area (Å²) in [4.78, 5) is 6.76. The number of aromatic nitrogens is 2. The van der Waals surface area contributed by atoms with E-state index in [2.05, 4.69) is 26.4 Å². The summed E-state index contributed by atoms with van der Waals surface area (Å²) in [5.74, 6) is 1.32. The molecule has 1 aromatic carbocycles. The first-order valence-electron chi connectivity index (χ1n) is 7.77. The van der Waals surface area contributed by atoms with Gasteiger partial charge in [-0.2, -0.15) is 4.98 Å². The lowest BCUT2D eigenvalue weighted by Crippen LogP contribution is -2.45. The Balaban J connectivity index is 1.72. The summed E-state index contributed by atoms with van der Waals surface area (Å²) in [7, 11) is 1.66. The highest BCUT2D eigenvalue weighted by molar-refractivity contribution is 6.31. The lowest BCUT2D eigenvalue weighted by Gasteiger charge is -2.35. The van der Waals surface area contributed by atoms with Crippen molar-refractivity contribution in [3.05, 3.63) is 46.6 Å². The molecule has 1 fully saturated rings. The van der Waals surface area contributed by atoms with Gasteiger partial charge in [-0.15, -0.1) is 0 Å². The number of nitrogens with zero attached hydrogens (tertiary/aromatic N) is 3. The van der Waals surface area contributed by atoms with Crippen molar-refractivity contribution < 1.29 is 9.26 Å². The second-order valence-electron chi connectivity index (χ2n) is 5.56. The third kappa shape index (κ3) is 4.09. The standard InChI is InChI=1S/C16H21ClN4O2/c1-22-9-6-15-19-16(23-20-15)11-21-8-7-18-10-14(21)12-4-2-3-5-13(12)17/h2-5,14,18H,6-11H2,1H3. The van der Waals surface area contributed by atoms with Crippen LogP contribution >= 0.6 is 11.6 Å². The Morgan fingerprint density at radius 3 is 3.13 bits per heavy atom. The minimum absolute atomic E-state index is 0.201. The summed E-state index contributed by atoms with van der Waals surface area (Å²) in [5, 5.41) is 8.22. The maximum atomic E-state index is 6.37. The van der Waals surface area contributed by atoms with Crippen LogP contribution in [0.4, 0.5) is 0 Å². The monoisotopic (exact) mass is 336 g/mol. The first-order valence-corrected chi connectivity index (χ1v) is 8.15. The van der Waals surface area contributed by atoms with Gasteiger partial charge in [0.25, 0.3) is 0 Å². The van der Waals surface area contributed by atoms with Gasteiger partial charge < -0.3 is 14.6 Å². The molecule has 0 spiro atoms. The van der Waals surface area contributed by atoms with E-state index in [9.17, 15) is 0 Å². The van der Waals surface area contributed by atoms with Crippen molar-refractivity contribution >= 4 is 11.6 Å². The van der Waals surface area contributed by atoms with Gasteiger partial charge in [-0.1, -0.05) is 35.0 Å². The summed E-state index contributed by atoms with van der Waals surface area (Å²) < 4.78 is 10.4. The fraction of sp³-hybridized carbons (Fsp3) is 0.500. The van der Waals surface area contributed by atoms with Gasteiger partial charge in [-0.25, -0.2) is 0 Å². The Morgan fingerprint density at radius 1 is 1.43 bits per heavy atom. The predicted molar refractivity (Wildman–Crippen MR) is 87.4 cm³/mol. The molecule has 7 heteroatoms. The molecule has 0 radical (unpaired) electrons. The Kier molecular flexibility index (Phi) is 5.61. The average Bonchev–Trinajstić information content (AvgIpc) is 3.02. The molecule has 1 unspecified atom stereocenters. The predicted octanol–water partition coefficient (Wildman–Crippen LogP) is 2.06. The zero-order valence-electron chi connectivity index (χ0n) is 13.2. The second kappa shape index (κ2) is 7.88. The van der Waals surface area contributed by atoms with Crippen LogP contribution < -0.4 is 5.32 Å². The topological polar surface area (TPSA) is 63.4 Å². The average molecular weight is 337 g/mol. The number of rotatable bonds is 6. The lowest BCUT2D eigenvalue weighted by molar-refractivity contribution is 0.135. The molecule has 2 heterocycles. The molecule has 0 saturated carbocycles. The van der Waals surface area contributed by atoms with Gasteiger partial charge in [0, 0.05) is 44.2 Å². The maximum Gasteiger partial charge on any atom is 0.240 e. The van der Waals surface area contributed by atoms with Crippen molar-refractivity contribution in [3.8, 4) is 0 Å². The van der Waals surface area contributed by atoms with E-state index >= 15 is 0 Å². The van der Waals surface area contributed by atoms with E-state index in [1.165, 1.54) is 0 Å². The van der Waals surface area contributed by atoms with E-state index < -0.39 is 0 Å². The minimum Gasteiger partial charge on any atom is -0.384 e. The summed E-state index contributed by atoms with van der Waals surface area (Å²) >= 11 is 6.37. The van der Waals surface area contributed by atoms with E-state index in [-0.39, 0.29) is 6.04 Å². The van der Waals surface area contributed by atoms with Crippen LogP contribution in [-0.2, 0) is 17.7 Å². The van der Waals surface area contributed by atoms with Crippen LogP contribution in [0.2, 0.25) is 5.02 Å². The Morgan fingerprint density at radius 2 is 2.30 bits per heavy atom. The van der Waals surface area contributed by atoms with Crippen LogP contribution in [0, 0.1) is 0 Å². The van der Waals surface area contributed by atoms with Crippen molar-refractivity contribution in [2.45, 2.75) is 19.0 Å². The Labute approximate surface area is 140 Å². The van der Waals surface area contributed by atoms with Crippen LogP contribution in [0.25, 0.3) is 0 Å². The van der Waals surface area contributed by atoms with Gasteiger partial charge in [0.1, 0.15) is 0 Å². The smallest absolute Gasteiger partial charge is 0.240 e. The summed E-state index contributed by atoms with van der Waals surface area (Å²) in [6.07, 6.45) is 0.662. The third-order valence-electron chi connectivity index (χ3n) is 4.00. The first-order chi connectivity index (χ1) is 11.3. The molecular weight excluding hydrogens is 316 g/mol. The molecule has 23 heavy (non-hydrogen) atoms. The number of ether oxygens (including phenoxy) is 1. The molecule has 0 aliphatic carbocycles. The van der Waals surface area contributed by atoms with Crippen LogP contribution in [0.15, 0.2) is 28.8 Å². The molecule has 124 valence electrons. The second-order valence-corrected chi connectivity index (χ2v) is 5.97. The molecule has 3 rings (SSSR count). The van der Waals surface area contributed by atoms with E-state index in [4.69, 9.17) is 20.9 Å². The number of halogens is 1. The number of hydrogen-bond acceptors (Lipinski definition) is 6. The highest BCUT2D eigenvalue weighted by Gasteiger charge is 2.26. The van der Waals surface area contributed by atoms with Crippen molar-refractivity contribution in [3.63, 3.8) is 0 Å². The van der Waals surface area contributed by atoms with Crippen molar-refractivity contribution in [2.75, 3.05) is 33.4 Å². The number of hydrogen-bond donors (Lipinski definition) is 1. The molecule has 0 amide bonds. The van der Waals surface area contributed by atoms with Gasteiger partial charge in [0.05, 0.1) is 13.2 Å². The van der Waals surface area contributed by atoms with Gasteiger partial charge in [-0.3, -0.25) is 4.90 Å². The van der Waals surface area contributed by atoms with Gasteiger partial charge in [0.15, 0.2) is 5.82 Å². The highest BCUT2D eigenvalue weighted by atomic mass is 35.5. The van der Waals surface area contributed by atoms with Crippen molar-refractivity contribution in [1.82, 2.24) is 20.4 Å². The van der Waals surface area contributed by atoms with E-state index in [0.29, 0.717) is 31.3 Å². The van der Waals surface area contributed by atoms with E-state index in [1.54, 1.807) is 7.11 Å². The number of piperazine rings is 1. The Hall–Kier alpha value is -1.47. The highest BCUT2D eigenvalue weighted by Crippen LogP contribution is 2.29. The molecule has 1 aliphatic rings. The number of methoxy groups -OCH3 is 1. The molecule has 6 nitrogen and oxygen atoms in total. The van der Waals surface area contributed by atoms with Gasteiger partial charge >= 0.3 is 0 Å². The Bertz CT molecular complexity index is 634. The van der Waals surface area contributed by atoms with Gasteiger partial charge in [0.2, 0.25) is 5.89 Å². The molecule has 1 atom stereocenters. The maximum absolute atomic E-state index is 6.37. The normalized spacial score (nSPS) is 19.1. The third-order valence-corrected chi connectivity index (χ3v) is 4.34. The quantitative estimate of drug-likeness (QED) is 0.871. The number of benzene rings is 1. The van der Waals surface area contributed by atoms with Crippen molar-refractivity contribution in [1.29, 1.82) is 0 Å². The fourth-order valence-corrected chi connectivity index (χ4v) is 3.07. The van der Waals surface area contributed by atoms with Gasteiger partial charge in [-0.05, 0) is 11.6 Å². The largest absolute Gasteiger partial charge is 0.384 e. The van der Waals surface area contributed by atoms with Crippen LogP contribution in [-0.4, -0.2) is 48.4 Å².